The molecule has 17 heavy (non-hydrogen) atoms. The Hall–Kier alpha value is -2.01. The van der Waals surface area contributed by atoms with Crippen LogP contribution in [0.5, 0.6) is 0 Å². The van der Waals surface area contributed by atoms with Crippen molar-refractivity contribution in [3.63, 3.8) is 0 Å². The molecule has 0 bridgehead atoms. The van der Waals surface area contributed by atoms with Gasteiger partial charge in [0, 0.05) is 11.8 Å². The van der Waals surface area contributed by atoms with Crippen molar-refractivity contribution in [2.75, 3.05) is 16.8 Å². The summed E-state index contributed by atoms with van der Waals surface area (Å²) in [7, 11) is 1.23. The predicted molar refractivity (Wildman–Crippen MR) is 63.5 cm³/mol. The molecule has 0 saturated heterocycles. The molecule has 0 atom stereocenters. The molecule has 0 aromatic heterocycles. The summed E-state index contributed by atoms with van der Waals surface area (Å²) in [6.45, 7) is 0. The molecule has 2 rings (SSSR count). The van der Waals surface area contributed by atoms with Crippen molar-refractivity contribution in [1.82, 2.24) is 0 Å². The Morgan fingerprint density at radius 1 is 1.47 bits per heavy atom. The smallest absolute Gasteiger partial charge is 0.332 e. The molecule has 6 heteroatoms. The third kappa shape index (κ3) is 2.09. The summed E-state index contributed by atoms with van der Waals surface area (Å²) in [6.07, 6.45) is 1.04. The van der Waals surface area contributed by atoms with Gasteiger partial charge in [-0.05, 0) is 12.1 Å². The quantitative estimate of drug-likeness (QED) is 0.469. The first-order chi connectivity index (χ1) is 8.13. The number of anilines is 2. The second kappa shape index (κ2) is 4.47. The first-order valence-corrected chi connectivity index (χ1v) is 5.13. The fourth-order valence-corrected chi connectivity index (χ4v) is 1.72. The topological polar surface area (TPSA) is 58.6 Å². The number of ether oxygens (including phenoxy) is 1. The predicted octanol–water partition coefficient (Wildman–Crippen LogP) is 1.66. The van der Waals surface area contributed by atoms with Gasteiger partial charge in [0.05, 0.1) is 24.6 Å². The van der Waals surface area contributed by atoms with E-state index in [4.69, 9.17) is 11.8 Å². The summed E-state index contributed by atoms with van der Waals surface area (Å²) in [4.78, 5) is 22.8. The van der Waals surface area contributed by atoms with E-state index in [1.165, 1.54) is 7.11 Å². The fourth-order valence-electron chi connectivity index (χ4n) is 1.45. The Balaban J connectivity index is 2.43. The first kappa shape index (κ1) is 11.5. The SMILES string of the molecule is COC(=O)/C=C1/C(=O)Nc2ccccc2N1Cl. The van der Waals surface area contributed by atoms with E-state index in [0.717, 1.165) is 10.5 Å². The van der Waals surface area contributed by atoms with Crippen molar-refractivity contribution < 1.29 is 14.3 Å². The van der Waals surface area contributed by atoms with Crippen LogP contribution >= 0.6 is 11.8 Å². The van der Waals surface area contributed by atoms with Crippen LogP contribution in [0.4, 0.5) is 11.4 Å². The van der Waals surface area contributed by atoms with Crippen molar-refractivity contribution in [2.45, 2.75) is 0 Å². The Bertz CT molecular complexity index is 513. The lowest BCUT2D eigenvalue weighted by Gasteiger charge is -2.26. The van der Waals surface area contributed by atoms with Crippen LogP contribution in [-0.4, -0.2) is 19.0 Å². The first-order valence-electron chi connectivity index (χ1n) is 4.79. The molecule has 0 saturated carbocycles. The van der Waals surface area contributed by atoms with Crippen molar-refractivity contribution >= 4 is 35.0 Å². The van der Waals surface area contributed by atoms with Crippen LogP contribution in [-0.2, 0) is 14.3 Å². The highest BCUT2D eigenvalue weighted by atomic mass is 35.5. The van der Waals surface area contributed by atoms with Crippen molar-refractivity contribution in [3.8, 4) is 0 Å². The highest BCUT2D eigenvalue weighted by Crippen LogP contribution is 2.34. The standard InChI is InChI=1S/C11H9ClN2O3/c1-17-10(15)6-9-11(16)13-7-4-2-3-5-8(7)14(9)12/h2-6H,1H3,(H,13,16)/b9-6-. The molecule has 0 spiro atoms. The maximum atomic E-state index is 11.7. The van der Waals surface area contributed by atoms with Crippen LogP contribution in [0.25, 0.3) is 0 Å². The molecule has 1 aliphatic rings. The van der Waals surface area contributed by atoms with Gasteiger partial charge < -0.3 is 10.1 Å². The fraction of sp³-hybridized carbons (Fsp3) is 0.0909. The van der Waals surface area contributed by atoms with Gasteiger partial charge in [-0.3, -0.25) is 4.79 Å². The molecule has 0 unspecified atom stereocenters. The number of fused-ring (bicyclic) bond motifs is 1. The Morgan fingerprint density at radius 3 is 2.88 bits per heavy atom. The number of para-hydroxylation sites is 2. The number of halogens is 1. The molecule has 0 fully saturated rings. The lowest BCUT2D eigenvalue weighted by molar-refractivity contribution is -0.135. The van der Waals surface area contributed by atoms with Gasteiger partial charge >= 0.3 is 5.97 Å². The van der Waals surface area contributed by atoms with Crippen LogP contribution < -0.4 is 9.74 Å². The molecule has 0 aliphatic carbocycles. The highest BCUT2D eigenvalue weighted by Gasteiger charge is 2.27. The molecule has 5 nitrogen and oxygen atoms in total. The van der Waals surface area contributed by atoms with Gasteiger partial charge in [-0.2, -0.15) is 0 Å². The Morgan fingerprint density at radius 2 is 2.18 bits per heavy atom. The number of carbonyl (C=O) groups is 2. The number of esters is 1. The Kier molecular flexibility index (Phi) is 3.01. The molecule has 1 amide bonds. The number of rotatable bonds is 1. The lowest BCUT2D eigenvalue weighted by atomic mass is 10.2. The number of nitrogens with one attached hydrogen (secondary N) is 1. The zero-order valence-electron chi connectivity index (χ0n) is 8.94. The van der Waals surface area contributed by atoms with Gasteiger partial charge in [0.15, 0.2) is 0 Å². The van der Waals surface area contributed by atoms with E-state index in [9.17, 15) is 9.59 Å². The number of hydrogen-bond acceptors (Lipinski definition) is 4. The number of carbonyl (C=O) groups excluding carboxylic acids is 2. The van der Waals surface area contributed by atoms with Gasteiger partial charge in [-0.1, -0.05) is 12.1 Å². The van der Waals surface area contributed by atoms with E-state index in [0.29, 0.717) is 11.4 Å². The van der Waals surface area contributed by atoms with Crippen LogP contribution in [0.3, 0.4) is 0 Å². The molecule has 1 heterocycles. The van der Waals surface area contributed by atoms with Crippen molar-refractivity contribution in [3.05, 3.63) is 36.0 Å². The van der Waals surface area contributed by atoms with E-state index in [1.807, 2.05) is 0 Å². The van der Waals surface area contributed by atoms with Gasteiger partial charge in [0.1, 0.15) is 5.70 Å². The molecule has 88 valence electrons. The van der Waals surface area contributed by atoms with Gasteiger partial charge in [0.25, 0.3) is 5.91 Å². The summed E-state index contributed by atoms with van der Waals surface area (Å²) in [5, 5.41) is 2.63. The maximum Gasteiger partial charge on any atom is 0.332 e. The third-order valence-electron chi connectivity index (χ3n) is 2.26. The number of methoxy groups -OCH3 is 1. The van der Waals surface area contributed by atoms with Crippen LogP contribution in [0.1, 0.15) is 0 Å². The summed E-state index contributed by atoms with van der Waals surface area (Å²) in [5.74, 6) is -1.09. The van der Waals surface area contributed by atoms with Gasteiger partial charge in [-0.15, -0.1) is 0 Å². The van der Waals surface area contributed by atoms with E-state index in [1.54, 1.807) is 24.3 Å². The average Bonchev–Trinajstić information content (AvgIpc) is 2.34. The van der Waals surface area contributed by atoms with E-state index < -0.39 is 11.9 Å². The third-order valence-corrected chi connectivity index (χ3v) is 2.63. The second-order valence-corrected chi connectivity index (χ2v) is 3.64. The summed E-state index contributed by atoms with van der Waals surface area (Å²) < 4.78 is 5.59. The molecular formula is C11H9ClN2O3. The monoisotopic (exact) mass is 252 g/mol. The van der Waals surface area contributed by atoms with E-state index >= 15 is 0 Å². The number of hydrogen-bond donors (Lipinski definition) is 1. The molecule has 1 aromatic carbocycles. The molecule has 1 aromatic rings. The van der Waals surface area contributed by atoms with Crippen LogP contribution in [0.15, 0.2) is 36.0 Å². The zero-order valence-corrected chi connectivity index (χ0v) is 9.69. The normalized spacial score (nSPS) is 16.5. The van der Waals surface area contributed by atoms with Gasteiger partial charge in [0.2, 0.25) is 0 Å². The van der Waals surface area contributed by atoms with Crippen LogP contribution in [0, 0.1) is 0 Å². The minimum absolute atomic E-state index is 0.0252. The van der Waals surface area contributed by atoms with Crippen molar-refractivity contribution in [1.29, 1.82) is 0 Å². The number of amides is 1. The molecule has 0 radical (unpaired) electrons. The largest absolute Gasteiger partial charge is 0.466 e. The summed E-state index contributed by atoms with van der Waals surface area (Å²) >= 11 is 6.01. The molecule has 1 aliphatic heterocycles. The van der Waals surface area contributed by atoms with Crippen LogP contribution in [0.2, 0.25) is 0 Å². The lowest BCUT2D eigenvalue weighted by Crippen LogP contribution is -2.30. The average molecular weight is 253 g/mol. The second-order valence-electron chi connectivity index (χ2n) is 3.30. The van der Waals surface area contributed by atoms with E-state index in [2.05, 4.69) is 10.1 Å². The zero-order chi connectivity index (χ0) is 12.4. The van der Waals surface area contributed by atoms with Gasteiger partial charge in [-0.25, -0.2) is 9.21 Å². The minimum atomic E-state index is -0.639. The summed E-state index contributed by atoms with van der Waals surface area (Å²) in [5.41, 5.74) is 1.22. The number of nitrogens with zero attached hydrogens (tertiary/aromatic N) is 1. The minimum Gasteiger partial charge on any atom is -0.466 e. The Labute approximate surface area is 103 Å². The maximum absolute atomic E-state index is 11.7. The summed E-state index contributed by atoms with van der Waals surface area (Å²) in [6, 6.07) is 7.00. The highest BCUT2D eigenvalue weighted by molar-refractivity contribution is 6.34. The molecule has 1 N–H and O–H groups in total. The van der Waals surface area contributed by atoms with E-state index in [-0.39, 0.29) is 5.70 Å². The molecular weight excluding hydrogens is 244 g/mol. The van der Waals surface area contributed by atoms with Crippen molar-refractivity contribution in [2.24, 2.45) is 0 Å². The number of benzene rings is 1.